The normalized spacial score (nSPS) is 12.9. The summed E-state index contributed by atoms with van der Waals surface area (Å²) in [5.41, 5.74) is 0. The molecular formula is C42H84O2. The zero-order valence-corrected chi connectivity index (χ0v) is 31.2. The van der Waals surface area contributed by atoms with Gasteiger partial charge in [-0.3, -0.25) is 4.79 Å². The minimum absolute atomic E-state index is 0.0946. The first-order chi connectivity index (χ1) is 21.7. The van der Waals surface area contributed by atoms with Crippen LogP contribution in [0.1, 0.15) is 246 Å². The Bertz CT molecular complexity index is 544. The maximum atomic E-state index is 13.0. The van der Waals surface area contributed by atoms with Crippen LogP contribution in [0.2, 0.25) is 0 Å². The first-order valence-corrected chi connectivity index (χ1v) is 20.8. The molecule has 0 rings (SSSR count). The third-order valence-corrected chi connectivity index (χ3v) is 10.1. The Labute approximate surface area is 279 Å². The van der Waals surface area contributed by atoms with Crippen LogP contribution in [0, 0.1) is 11.8 Å². The van der Waals surface area contributed by atoms with E-state index in [1.807, 2.05) is 0 Å². The summed E-state index contributed by atoms with van der Waals surface area (Å²) < 4.78 is 5.82. The zero-order valence-electron chi connectivity index (χ0n) is 31.2. The van der Waals surface area contributed by atoms with Crippen molar-refractivity contribution in [2.45, 2.75) is 246 Å². The highest BCUT2D eigenvalue weighted by atomic mass is 16.5. The predicted molar refractivity (Wildman–Crippen MR) is 198 cm³/mol. The molecular weight excluding hydrogens is 536 g/mol. The van der Waals surface area contributed by atoms with Gasteiger partial charge in [-0.15, -0.1) is 0 Å². The van der Waals surface area contributed by atoms with Crippen LogP contribution in [-0.2, 0) is 9.53 Å². The van der Waals surface area contributed by atoms with Gasteiger partial charge < -0.3 is 4.74 Å². The van der Waals surface area contributed by atoms with E-state index in [2.05, 4.69) is 27.7 Å². The molecule has 0 aliphatic carbocycles. The Balaban J connectivity index is 3.71. The third kappa shape index (κ3) is 31.5. The second kappa shape index (κ2) is 36.9. The smallest absolute Gasteiger partial charge is 0.309 e. The summed E-state index contributed by atoms with van der Waals surface area (Å²) >= 11 is 0. The Kier molecular flexibility index (Phi) is 36.5. The summed E-state index contributed by atoms with van der Waals surface area (Å²) in [6, 6.07) is 0. The lowest BCUT2D eigenvalue weighted by Gasteiger charge is -2.22. The van der Waals surface area contributed by atoms with Gasteiger partial charge in [0.15, 0.2) is 0 Å². The molecule has 0 aromatic heterocycles. The molecule has 0 bridgehead atoms. The van der Waals surface area contributed by atoms with Crippen LogP contribution in [0.15, 0.2) is 0 Å². The molecule has 0 aromatic carbocycles. The number of carbonyl (C=O) groups is 1. The number of ether oxygens (including phenoxy) is 1. The number of unbranched alkanes of at least 4 members (excludes halogenated alkanes) is 29. The lowest BCUT2D eigenvalue weighted by Crippen LogP contribution is -2.25. The molecule has 0 aliphatic rings. The van der Waals surface area contributed by atoms with E-state index in [1.54, 1.807) is 0 Å². The average molecular weight is 621 g/mol. The highest BCUT2D eigenvalue weighted by molar-refractivity contribution is 5.72. The summed E-state index contributed by atoms with van der Waals surface area (Å²) in [6.45, 7) is 9.76. The van der Waals surface area contributed by atoms with Gasteiger partial charge >= 0.3 is 5.97 Å². The molecule has 44 heavy (non-hydrogen) atoms. The SMILES string of the molecule is CCCCCCCCCCCCCCCCCCC(C)C(CCCC)C(=O)OCCCCCCCCCCCCCCCC. The van der Waals surface area contributed by atoms with Gasteiger partial charge in [-0.25, -0.2) is 0 Å². The molecule has 0 saturated heterocycles. The number of carbonyl (C=O) groups excluding carboxylic acids is 1. The third-order valence-electron chi connectivity index (χ3n) is 10.1. The van der Waals surface area contributed by atoms with Crippen molar-refractivity contribution in [3.63, 3.8) is 0 Å². The Morgan fingerprint density at radius 3 is 1.02 bits per heavy atom. The van der Waals surface area contributed by atoms with Crippen LogP contribution in [-0.4, -0.2) is 12.6 Å². The van der Waals surface area contributed by atoms with Crippen LogP contribution >= 0.6 is 0 Å². The van der Waals surface area contributed by atoms with Crippen molar-refractivity contribution in [2.75, 3.05) is 6.61 Å². The molecule has 0 fully saturated rings. The maximum Gasteiger partial charge on any atom is 0.309 e. The zero-order chi connectivity index (χ0) is 32.2. The summed E-state index contributed by atoms with van der Waals surface area (Å²) in [5, 5.41) is 0. The van der Waals surface area contributed by atoms with Crippen LogP contribution < -0.4 is 0 Å². The van der Waals surface area contributed by atoms with Gasteiger partial charge in [-0.2, -0.15) is 0 Å². The van der Waals surface area contributed by atoms with E-state index in [-0.39, 0.29) is 11.9 Å². The lowest BCUT2D eigenvalue weighted by molar-refractivity contribution is -0.151. The molecule has 0 radical (unpaired) electrons. The average Bonchev–Trinajstić information content (AvgIpc) is 3.02. The first kappa shape index (κ1) is 43.5. The highest BCUT2D eigenvalue weighted by Gasteiger charge is 2.25. The van der Waals surface area contributed by atoms with Gasteiger partial charge in [0, 0.05) is 0 Å². The largest absolute Gasteiger partial charge is 0.465 e. The molecule has 2 unspecified atom stereocenters. The van der Waals surface area contributed by atoms with E-state index >= 15 is 0 Å². The highest BCUT2D eigenvalue weighted by Crippen LogP contribution is 2.26. The van der Waals surface area contributed by atoms with E-state index < -0.39 is 0 Å². The van der Waals surface area contributed by atoms with Crippen molar-refractivity contribution < 1.29 is 9.53 Å². The second-order valence-electron chi connectivity index (χ2n) is 14.6. The van der Waals surface area contributed by atoms with Gasteiger partial charge in [-0.05, 0) is 25.2 Å². The van der Waals surface area contributed by atoms with E-state index in [4.69, 9.17) is 4.74 Å². The topological polar surface area (TPSA) is 26.3 Å². The molecule has 0 aromatic rings. The monoisotopic (exact) mass is 621 g/mol. The van der Waals surface area contributed by atoms with Crippen molar-refractivity contribution in [1.29, 1.82) is 0 Å². The van der Waals surface area contributed by atoms with E-state index in [0.717, 1.165) is 25.7 Å². The molecule has 0 spiro atoms. The molecule has 0 saturated carbocycles. The van der Waals surface area contributed by atoms with Crippen molar-refractivity contribution in [3.05, 3.63) is 0 Å². The molecule has 0 heterocycles. The Hall–Kier alpha value is -0.530. The maximum absolute atomic E-state index is 13.0. The second-order valence-corrected chi connectivity index (χ2v) is 14.6. The van der Waals surface area contributed by atoms with Crippen molar-refractivity contribution in [1.82, 2.24) is 0 Å². The molecule has 0 aliphatic heterocycles. The van der Waals surface area contributed by atoms with Gasteiger partial charge in [0.25, 0.3) is 0 Å². The molecule has 264 valence electrons. The summed E-state index contributed by atoms with van der Waals surface area (Å²) in [7, 11) is 0. The summed E-state index contributed by atoms with van der Waals surface area (Å²) in [5.74, 6) is 0.659. The van der Waals surface area contributed by atoms with Crippen molar-refractivity contribution >= 4 is 5.97 Å². The minimum Gasteiger partial charge on any atom is -0.465 e. The van der Waals surface area contributed by atoms with E-state index in [1.165, 1.54) is 193 Å². The fraction of sp³-hybridized carbons (Fsp3) is 0.976. The van der Waals surface area contributed by atoms with Crippen molar-refractivity contribution in [3.8, 4) is 0 Å². The Morgan fingerprint density at radius 2 is 0.682 bits per heavy atom. The fourth-order valence-corrected chi connectivity index (χ4v) is 6.85. The Morgan fingerprint density at radius 1 is 0.386 bits per heavy atom. The molecule has 2 heteroatoms. The van der Waals surface area contributed by atoms with Crippen LogP contribution in [0.25, 0.3) is 0 Å². The first-order valence-electron chi connectivity index (χ1n) is 20.8. The summed E-state index contributed by atoms with van der Waals surface area (Å²) in [6.07, 6.45) is 46.1. The van der Waals surface area contributed by atoms with Gasteiger partial charge in [-0.1, -0.05) is 227 Å². The minimum atomic E-state index is 0.0946. The fourth-order valence-electron chi connectivity index (χ4n) is 6.85. The van der Waals surface area contributed by atoms with Crippen LogP contribution in [0.5, 0.6) is 0 Å². The van der Waals surface area contributed by atoms with Gasteiger partial charge in [0.2, 0.25) is 0 Å². The van der Waals surface area contributed by atoms with Crippen molar-refractivity contribution in [2.24, 2.45) is 11.8 Å². The predicted octanol–water partition coefficient (Wildman–Crippen LogP) is 15.1. The van der Waals surface area contributed by atoms with Crippen LogP contribution in [0.4, 0.5) is 0 Å². The van der Waals surface area contributed by atoms with E-state index in [9.17, 15) is 4.79 Å². The molecule has 0 amide bonds. The molecule has 2 atom stereocenters. The van der Waals surface area contributed by atoms with Gasteiger partial charge in [0.05, 0.1) is 12.5 Å². The van der Waals surface area contributed by atoms with Crippen LogP contribution in [0.3, 0.4) is 0 Å². The summed E-state index contributed by atoms with van der Waals surface area (Å²) in [4.78, 5) is 13.0. The number of rotatable bonds is 37. The standard InChI is InChI=1S/C42H84O2/c1-5-8-11-13-15-17-19-21-23-24-25-27-29-31-33-35-37-40(4)41(38-10-7-3)42(43)44-39-36-34-32-30-28-26-22-20-18-16-14-12-9-6-2/h40-41H,5-39H2,1-4H3. The number of hydrogen-bond acceptors (Lipinski definition) is 2. The quantitative estimate of drug-likeness (QED) is 0.0510. The number of esters is 1. The molecule has 2 nitrogen and oxygen atoms in total. The number of hydrogen-bond donors (Lipinski definition) is 0. The van der Waals surface area contributed by atoms with Gasteiger partial charge in [0.1, 0.15) is 0 Å². The lowest BCUT2D eigenvalue weighted by atomic mass is 9.85. The molecule has 0 N–H and O–H groups in total. The van der Waals surface area contributed by atoms with E-state index in [0.29, 0.717) is 12.5 Å².